The summed E-state index contributed by atoms with van der Waals surface area (Å²) in [6.07, 6.45) is -0.150. The lowest BCUT2D eigenvalue weighted by molar-refractivity contribution is -0.124. The minimum atomic E-state index is -0.378. The number of nitrogens with one attached hydrogen (secondary N) is 1. The van der Waals surface area contributed by atoms with E-state index in [0.717, 1.165) is 0 Å². The summed E-state index contributed by atoms with van der Waals surface area (Å²) in [6.45, 7) is 1.35. The van der Waals surface area contributed by atoms with Crippen molar-refractivity contribution in [2.45, 2.75) is 13.3 Å². The molecule has 1 heterocycles. The number of nitriles is 1. The van der Waals surface area contributed by atoms with E-state index in [0.29, 0.717) is 10.6 Å². The largest absolute Gasteiger partial charge is 0.316 e. The van der Waals surface area contributed by atoms with Crippen LogP contribution in [0.2, 0.25) is 0 Å². The second-order valence-electron chi connectivity index (χ2n) is 2.70. The molecule has 0 aliphatic rings. The van der Waals surface area contributed by atoms with Gasteiger partial charge in [-0.1, -0.05) is 0 Å². The third-order valence-corrected chi connectivity index (χ3v) is 2.28. The molecule has 0 saturated heterocycles. The first-order valence-electron chi connectivity index (χ1n) is 3.90. The maximum absolute atomic E-state index is 11.2. The number of Topliss-reactive ketones (excluding diaryl/α,β-unsaturated/α-hetero) is 1. The van der Waals surface area contributed by atoms with Crippen molar-refractivity contribution in [2.75, 3.05) is 5.32 Å². The Kier molecular flexibility index (Phi) is 3.37. The number of hydrogen-bond donors (Lipinski definition) is 1. The third kappa shape index (κ3) is 2.68. The standard InChI is InChI=1S/C9H8N2O2S/c1-6(12)4-8(13)11-9-7(5-10)2-3-14-9/h2-3H,4H2,1H3,(H,11,13). The van der Waals surface area contributed by atoms with Crippen LogP contribution in [-0.4, -0.2) is 11.7 Å². The summed E-state index contributed by atoms with van der Waals surface area (Å²) >= 11 is 1.26. The molecule has 1 N–H and O–H groups in total. The molecular formula is C9H8N2O2S. The third-order valence-electron chi connectivity index (χ3n) is 1.45. The summed E-state index contributed by atoms with van der Waals surface area (Å²) < 4.78 is 0. The van der Waals surface area contributed by atoms with E-state index in [-0.39, 0.29) is 18.1 Å². The number of carbonyl (C=O) groups is 2. The highest BCUT2D eigenvalue weighted by atomic mass is 32.1. The molecule has 4 nitrogen and oxygen atoms in total. The van der Waals surface area contributed by atoms with Crippen molar-refractivity contribution >= 4 is 28.0 Å². The summed E-state index contributed by atoms with van der Waals surface area (Å²) in [4.78, 5) is 21.8. The fourth-order valence-corrected chi connectivity index (χ4v) is 1.64. The van der Waals surface area contributed by atoms with Crippen molar-refractivity contribution in [3.63, 3.8) is 0 Å². The van der Waals surface area contributed by atoms with Crippen LogP contribution in [0.3, 0.4) is 0 Å². The van der Waals surface area contributed by atoms with E-state index in [1.165, 1.54) is 18.3 Å². The Hall–Kier alpha value is -1.67. The normalized spacial score (nSPS) is 9.14. The molecule has 0 aliphatic carbocycles. The van der Waals surface area contributed by atoms with Gasteiger partial charge in [-0.3, -0.25) is 9.59 Å². The Morgan fingerprint density at radius 3 is 2.93 bits per heavy atom. The number of anilines is 1. The minimum absolute atomic E-state index is 0.150. The van der Waals surface area contributed by atoms with Gasteiger partial charge in [-0.25, -0.2) is 0 Å². The van der Waals surface area contributed by atoms with Gasteiger partial charge in [0, 0.05) is 0 Å². The van der Waals surface area contributed by atoms with Crippen molar-refractivity contribution < 1.29 is 9.59 Å². The minimum Gasteiger partial charge on any atom is -0.316 e. The zero-order valence-corrected chi connectivity index (χ0v) is 8.35. The second-order valence-corrected chi connectivity index (χ2v) is 3.62. The molecular weight excluding hydrogens is 200 g/mol. The van der Waals surface area contributed by atoms with Gasteiger partial charge in [0.05, 0.1) is 12.0 Å². The van der Waals surface area contributed by atoms with Gasteiger partial charge in [0.25, 0.3) is 0 Å². The number of hydrogen-bond acceptors (Lipinski definition) is 4. The van der Waals surface area contributed by atoms with Gasteiger partial charge in [-0.2, -0.15) is 5.26 Å². The summed E-state index contributed by atoms with van der Waals surface area (Å²) in [5, 5.41) is 13.4. The molecule has 0 unspecified atom stereocenters. The molecule has 0 radical (unpaired) electrons. The van der Waals surface area contributed by atoms with Crippen LogP contribution in [0.15, 0.2) is 11.4 Å². The molecule has 72 valence electrons. The summed E-state index contributed by atoms with van der Waals surface area (Å²) in [5.74, 6) is -0.575. The van der Waals surface area contributed by atoms with Gasteiger partial charge in [0.2, 0.25) is 5.91 Å². The van der Waals surface area contributed by atoms with Crippen molar-refractivity contribution in [1.29, 1.82) is 5.26 Å². The van der Waals surface area contributed by atoms with Crippen LogP contribution in [-0.2, 0) is 9.59 Å². The molecule has 1 aromatic heterocycles. The van der Waals surface area contributed by atoms with Crippen LogP contribution in [0.25, 0.3) is 0 Å². The molecule has 0 aromatic carbocycles. The topological polar surface area (TPSA) is 70.0 Å². The van der Waals surface area contributed by atoms with Gasteiger partial charge >= 0.3 is 0 Å². The molecule has 0 aliphatic heterocycles. The zero-order chi connectivity index (χ0) is 10.6. The van der Waals surface area contributed by atoms with Gasteiger partial charge in [0.15, 0.2) is 0 Å². The molecule has 0 saturated carbocycles. The fraction of sp³-hybridized carbons (Fsp3) is 0.222. The average molecular weight is 208 g/mol. The average Bonchev–Trinajstić information content (AvgIpc) is 2.50. The first-order chi connectivity index (χ1) is 6.63. The summed E-state index contributed by atoms with van der Waals surface area (Å²) in [6, 6.07) is 3.56. The zero-order valence-electron chi connectivity index (χ0n) is 7.53. The van der Waals surface area contributed by atoms with Crippen LogP contribution in [0.1, 0.15) is 18.9 Å². The molecule has 0 atom stereocenters. The molecule has 0 bridgehead atoms. The molecule has 5 heteroatoms. The van der Waals surface area contributed by atoms with E-state index in [2.05, 4.69) is 5.32 Å². The van der Waals surface area contributed by atoms with Crippen molar-refractivity contribution in [1.82, 2.24) is 0 Å². The van der Waals surface area contributed by atoms with Gasteiger partial charge in [-0.05, 0) is 18.4 Å². The number of thiophene rings is 1. The Labute approximate surface area is 85.2 Å². The molecule has 0 fully saturated rings. The smallest absolute Gasteiger partial charge is 0.232 e. The number of ketones is 1. The lowest BCUT2D eigenvalue weighted by Crippen LogP contribution is -2.14. The van der Waals surface area contributed by atoms with Crippen LogP contribution in [0.4, 0.5) is 5.00 Å². The number of carbonyl (C=O) groups excluding carboxylic acids is 2. The first-order valence-corrected chi connectivity index (χ1v) is 4.78. The van der Waals surface area contributed by atoms with E-state index >= 15 is 0 Å². The number of nitrogens with zero attached hydrogens (tertiary/aromatic N) is 1. The van der Waals surface area contributed by atoms with E-state index < -0.39 is 0 Å². The predicted octanol–water partition coefficient (Wildman–Crippen LogP) is 1.54. The fourth-order valence-electron chi connectivity index (χ4n) is 0.891. The number of amides is 1. The maximum Gasteiger partial charge on any atom is 0.232 e. The number of rotatable bonds is 3. The van der Waals surface area contributed by atoms with Crippen LogP contribution < -0.4 is 5.32 Å². The quantitative estimate of drug-likeness (QED) is 0.766. The van der Waals surface area contributed by atoms with E-state index in [1.54, 1.807) is 11.4 Å². The Morgan fingerprint density at radius 2 is 2.36 bits per heavy atom. The van der Waals surface area contributed by atoms with Gasteiger partial charge in [0.1, 0.15) is 16.9 Å². The highest BCUT2D eigenvalue weighted by molar-refractivity contribution is 7.14. The highest BCUT2D eigenvalue weighted by Crippen LogP contribution is 2.22. The van der Waals surface area contributed by atoms with Gasteiger partial charge < -0.3 is 5.32 Å². The monoisotopic (exact) mass is 208 g/mol. The van der Waals surface area contributed by atoms with E-state index in [9.17, 15) is 9.59 Å². The maximum atomic E-state index is 11.2. The van der Waals surface area contributed by atoms with Gasteiger partial charge in [-0.15, -0.1) is 11.3 Å². The van der Waals surface area contributed by atoms with Crippen molar-refractivity contribution in [2.24, 2.45) is 0 Å². The van der Waals surface area contributed by atoms with Crippen LogP contribution in [0.5, 0.6) is 0 Å². The van der Waals surface area contributed by atoms with Crippen LogP contribution >= 0.6 is 11.3 Å². The van der Waals surface area contributed by atoms with E-state index in [1.807, 2.05) is 6.07 Å². The summed E-state index contributed by atoms with van der Waals surface area (Å²) in [5.41, 5.74) is 0.423. The molecule has 0 spiro atoms. The Morgan fingerprint density at radius 1 is 1.64 bits per heavy atom. The molecule has 14 heavy (non-hydrogen) atoms. The first kappa shape index (κ1) is 10.4. The summed E-state index contributed by atoms with van der Waals surface area (Å²) in [7, 11) is 0. The molecule has 1 rings (SSSR count). The Bertz CT molecular complexity index is 403. The lowest BCUT2D eigenvalue weighted by Gasteiger charge is -1.99. The lowest BCUT2D eigenvalue weighted by atomic mass is 10.3. The van der Waals surface area contributed by atoms with Crippen molar-refractivity contribution in [3.8, 4) is 6.07 Å². The predicted molar refractivity (Wildman–Crippen MR) is 53.0 cm³/mol. The van der Waals surface area contributed by atoms with Crippen LogP contribution in [0, 0.1) is 11.3 Å². The Balaban J connectivity index is 2.66. The van der Waals surface area contributed by atoms with Crippen molar-refractivity contribution in [3.05, 3.63) is 17.0 Å². The van der Waals surface area contributed by atoms with E-state index in [4.69, 9.17) is 5.26 Å². The molecule has 1 amide bonds. The SMILES string of the molecule is CC(=O)CC(=O)Nc1sccc1C#N. The highest BCUT2D eigenvalue weighted by Gasteiger charge is 2.09. The molecule has 1 aromatic rings. The second kappa shape index (κ2) is 4.53.